The summed E-state index contributed by atoms with van der Waals surface area (Å²) in [5.41, 5.74) is 7.66. The van der Waals surface area contributed by atoms with Crippen molar-refractivity contribution in [3.05, 3.63) is 23.8 Å². The molecule has 0 atom stereocenters. The van der Waals surface area contributed by atoms with E-state index in [0.29, 0.717) is 30.8 Å². The summed E-state index contributed by atoms with van der Waals surface area (Å²) in [5, 5.41) is 5.81. The maximum atomic E-state index is 11.8. The van der Waals surface area contributed by atoms with Crippen LogP contribution >= 0.6 is 0 Å². The van der Waals surface area contributed by atoms with Gasteiger partial charge in [0, 0.05) is 39.2 Å². The molecule has 0 spiro atoms. The molecule has 0 aromatic heterocycles. The molecule has 6 nitrogen and oxygen atoms in total. The summed E-state index contributed by atoms with van der Waals surface area (Å²) >= 11 is 0. The summed E-state index contributed by atoms with van der Waals surface area (Å²) in [6, 6.07) is 5.10. The van der Waals surface area contributed by atoms with Crippen LogP contribution in [0.15, 0.2) is 18.2 Å². The molecule has 1 rings (SSSR count). The van der Waals surface area contributed by atoms with Gasteiger partial charge in [-0.05, 0) is 25.1 Å². The minimum atomic E-state index is -0.0921. The molecule has 0 aliphatic heterocycles. The Morgan fingerprint density at radius 2 is 2.00 bits per heavy atom. The van der Waals surface area contributed by atoms with Gasteiger partial charge in [-0.3, -0.25) is 9.59 Å². The van der Waals surface area contributed by atoms with Crippen molar-refractivity contribution in [1.82, 2.24) is 10.2 Å². The molecular formula is C14H22N4O2. The molecule has 1 aromatic rings. The van der Waals surface area contributed by atoms with E-state index in [1.807, 2.05) is 6.92 Å². The zero-order valence-corrected chi connectivity index (χ0v) is 12.2. The number of nitrogens with zero attached hydrogens (tertiary/aromatic N) is 1. The highest BCUT2D eigenvalue weighted by Crippen LogP contribution is 2.20. The number of rotatable bonds is 6. The Balaban J connectivity index is 2.60. The summed E-state index contributed by atoms with van der Waals surface area (Å²) < 4.78 is 0. The normalized spacial score (nSPS) is 9.95. The molecule has 20 heavy (non-hydrogen) atoms. The SMILES string of the molecule is CCNC(=O)CCNc1ccc(C(=O)N(C)C)cc1N. The maximum absolute atomic E-state index is 11.8. The first kappa shape index (κ1) is 15.8. The molecule has 0 saturated carbocycles. The van der Waals surface area contributed by atoms with Gasteiger partial charge in [-0.2, -0.15) is 0 Å². The summed E-state index contributed by atoms with van der Waals surface area (Å²) in [6.07, 6.45) is 0.381. The van der Waals surface area contributed by atoms with E-state index in [9.17, 15) is 9.59 Å². The van der Waals surface area contributed by atoms with Gasteiger partial charge in [0.05, 0.1) is 11.4 Å². The number of carbonyl (C=O) groups is 2. The topological polar surface area (TPSA) is 87.5 Å². The number of nitrogen functional groups attached to an aromatic ring is 1. The van der Waals surface area contributed by atoms with Crippen molar-refractivity contribution >= 4 is 23.2 Å². The Morgan fingerprint density at radius 1 is 1.30 bits per heavy atom. The Labute approximate surface area is 119 Å². The first-order valence-corrected chi connectivity index (χ1v) is 6.57. The molecule has 1 aromatic carbocycles. The van der Waals surface area contributed by atoms with Crippen molar-refractivity contribution in [1.29, 1.82) is 0 Å². The lowest BCUT2D eigenvalue weighted by Crippen LogP contribution is -2.25. The number of hydrogen-bond acceptors (Lipinski definition) is 4. The van der Waals surface area contributed by atoms with Crippen LogP contribution in [-0.2, 0) is 4.79 Å². The molecule has 0 fully saturated rings. The predicted molar refractivity (Wildman–Crippen MR) is 80.7 cm³/mol. The fraction of sp³-hybridized carbons (Fsp3) is 0.429. The minimum absolute atomic E-state index is 0.00187. The van der Waals surface area contributed by atoms with Gasteiger partial charge in [-0.15, -0.1) is 0 Å². The molecule has 0 saturated heterocycles. The van der Waals surface area contributed by atoms with Gasteiger partial charge in [-0.25, -0.2) is 0 Å². The second-order valence-corrected chi connectivity index (χ2v) is 4.63. The average molecular weight is 278 g/mol. The second kappa shape index (κ2) is 7.37. The van der Waals surface area contributed by atoms with Gasteiger partial charge in [0.1, 0.15) is 0 Å². The molecule has 0 bridgehead atoms. The molecule has 4 N–H and O–H groups in total. The quantitative estimate of drug-likeness (QED) is 0.675. The van der Waals surface area contributed by atoms with Crippen molar-refractivity contribution in [3.8, 4) is 0 Å². The van der Waals surface area contributed by atoms with Crippen molar-refractivity contribution in [2.75, 3.05) is 38.2 Å². The number of benzene rings is 1. The number of nitrogens with one attached hydrogen (secondary N) is 2. The zero-order valence-electron chi connectivity index (χ0n) is 12.2. The molecular weight excluding hydrogens is 256 g/mol. The molecule has 0 aliphatic rings. The lowest BCUT2D eigenvalue weighted by atomic mass is 10.1. The highest BCUT2D eigenvalue weighted by atomic mass is 16.2. The van der Waals surface area contributed by atoms with Crippen molar-refractivity contribution in [2.45, 2.75) is 13.3 Å². The minimum Gasteiger partial charge on any atom is -0.397 e. The lowest BCUT2D eigenvalue weighted by Gasteiger charge is -2.13. The van der Waals surface area contributed by atoms with E-state index in [0.717, 1.165) is 5.69 Å². The van der Waals surface area contributed by atoms with Crippen molar-refractivity contribution in [2.24, 2.45) is 0 Å². The van der Waals surface area contributed by atoms with Crippen LogP contribution in [0.1, 0.15) is 23.7 Å². The van der Waals surface area contributed by atoms with Gasteiger partial charge in [0.2, 0.25) is 5.91 Å². The van der Waals surface area contributed by atoms with Crippen LogP contribution in [0.2, 0.25) is 0 Å². The summed E-state index contributed by atoms with van der Waals surface area (Å²) in [4.78, 5) is 24.6. The predicted octanol–water partition coefficient (Wildman–Crippen LogP) is 0.909. The fourth-order valence-corrected chi connectivity index (χ4v) is 1.71. The first-order valence-electron chi connectivity index (χ1n) is 6.57. The first-order chi connectivity index (χ1) is 9.45. The molecule has 2 amide bonds. The Bertz CT molecular complexity index is 486. The highest BCUT2D eigenvalue weighted by Gasteiger charge is 2.10. The van der Waals surface area contributed by atoms with Crippen LogP contribution in [0, 0.1) is 0 Å². The molecule has 6 heteroatoms. The van der Waals surface area contributed by atoms with Crippen LogP contribution in [0.5, 0.6) is 0 Å². The van der Waals surface area contributed by atoms with Crippen LogP contribution < -0.4 is 16.4 Å². The number of anilines is 2. The zero-order chi connectivity index (χ0) is 15.1. The van der Waals surface area contributed by atoms with E-state index >= 15 is 0 Å². The third-order valence-corrected chi connectivity index (χ3v) is 2.75. The standard InChI is InChI=1S/C14H22N4O2/c1-4-16-13(19)7-8-17-12-6-5-10(9-11(12)15)14(20)18(2)3/h5-6,9,17H,4,7-8,15H2,1-3H3,(H,16,19). The van der Waals surface area contributed by atoms with Gasteiger partial charge in [-0.1, -0.05) is 0 Å². The van der Waals surface area contributed by atoms with Gasteiger partial charge in [0.15, 0.2) is 0 Å². The second-order valence-electron chi connectivity index (χ2n) is 4.63. The van der Waals surface area contributed by atoms with E-state index in [1.54, 1.807) is 32.3 Å². The number of nitrogens with two attached hydrogens (primary N) is 1. The van der Waals surface area contributed by atoms with Crippen LogP contribution in [0.25, 0.3) is 0 Å². The number of carbonyl (C=O) groups excluding carboxylic acids is 2. The smallest absolute Gasteiger partial charge is 0.253 e. The van der Waals surface area contributed by atoms with Gasteiger partial charge >= 0.3 is 0 Å². The van der Waals surface area contributed by atoms with E-state index in [1.165, 1.54) is 4.90 Å². The van der Waals surface area contributed by atoms with Crippen LogP contribution in [0.4, 0.5) is 11.4 Å². The number of hydrogen-bond donors (Lipinski definition) is 3. The summed E-state index contributed by atoms with van der Waals surface area (Å²) in [7, 11) is 3.38. The van der Waals surface area contributed by atoms with E-state index in [-0.39, 0.29) is 11.8 Å². The summed E-state index contributed by atoms with van der Waals surface area (Å²) in [6.45, 7) is 3.00. The third-order valence-electron chi connectivity index (χ3n) is 2.75. The maximum Gasteiger partial charge on any atom is 0.253 e. The molecule has 0 aliphatic carbocycles. The van der Waals surface area contributed by atoms with Crippen molar-refractivity contribution in [3.63, 3.8) is 0 Å². The van der Waals surface area contributed by atoms with E-state index < -0.39 is 0 Å². The Morgan fingerprint density at radius 3 is 2.55 bits per heavy atom. The summed E-state index contributed by atoms with van der Waals surface area (Å²) in [5.74, 6) is -0.0939. The third kappa shape index (κ3) is 4.46. The molecule has 0 unspecified atom stereocenters. The highest BCUT2D eigenvalue weighted by molar-refractivity contribution is 5.95. The molecule has 0 heterocycles. The van der Waals surface area contributed by atoms with Crippen LogP contribution in [0.3, 0.4) is 0 Å². The van der Waals surface area contributed by atoms with E-state index in [2.05, 4.69) is 10.6 Å². The van der Waals surface area contributed by atoms with E-state index in [4.69, 9.17) is 5.73 Å². The fourth-order valence-electron chi connectivity index (χ4n) is 1.71. The Kier molecular flexibility index (Phi) is 5.83. The monoisotopic (exact) mass is 278 g/mol. The number of amides is 2. The molecule has 0 radical (unpaired) electrons. The Hall–Kier alpha value is -2.24. The average Bonchev–Trinajstić information content (AvgIpc) is 2.40. The van der Waals surface area contributed by atoms with Gasteiger partial charge in [0.25, 0.3) is 5.91 Å². The van der Waals surface area contributed by atoms with Crippen LogP contribution in [-0.4, -0.2) is 43.9 Å². The largest absolute Gasteiger partial charge is 0.397 e. The molecule has 110 valence electrons. The van der Waals surface area contributed by atoms with Gasteiger partial charge < -0.3 is 21.3 Å². The lowest BCUT2D eigenvalue weighted by molar-refractivity contribution is -0.120. The van der Waals surface area contributed by atoms with Crippen molar-refractivity contribution < 1.29 is 9.59 Å².